The lowest BCUT2D eigenvalue weighted by Crippen LogP contribution is -2.45. The number of anilines is 1. The highest BCUT2D eigenvalue weighted by Gasteiger charge is 2.26. The minimum absolute atomic E-state index is 0.150. The SMILES string of the molecule is CCNC(=NCC(C)(CC)CO)NC1CCN(c2ccccc2OC)C1. The Kier molecular flexibility index (Phi) is 7.57. The molecule has 0 saturated carbocycles. The fraction of sp³-hybridized carbons (Fsp3) is 0.650. The summed E-state index contributed by atoms with van der Waals surface area (Å²) in [6.07, 6.45) is 1.95. The first-order valence-corrected chi connectivity index (χ1v) is 9.59. The minimum Gasteiger partial charge on any atom is -0.495 e. The van der Waals surface area contributed by atoms with Gasteiger partial charge in [0.2, 0.25) is 0 Å². The van der Waals surface area contributed by atoms with Crippen LogP contribution in [-0.2, 0) is 0 Å². The van der Waals surface area contributed by atoms with E-state index in [0.717, 1.165) is 49.9 Å². The predicted molar refractivity (Wildman–Crippen MR) is 108 cm³/mol. The van der Waals surface area contributed by atoms with E-state index in [2.05, 4.69) is 42.4 Å². The first-order chi connectivity index (χ1) is 12.5. The Hall–Kier alpha value is -1.95. The third kappa shape index (κ3) is 5.27. The molecule has 1 aromatic carbocycles. The van der Waals surface area contributed by atoms with Crippen LogP contribution < -0.4 is 20.3 Å². The third-order valence-electron chi connectivity index (χ3n) is 5.15. The highest BCUT2D eigenvalue weighted by molar-refractivity contribution is 5.80. The summed E-state index contributed by atoms with van der Waals surface area (Å²) in [4.78, 5) is 7.06. The van der Waals surface area contributed by atoms with Crippen molar-refractivity contribution in [1.82, 2.24) is 10.6 Å². The molecule has 146 valence electrons. The van der Waals surface area contributed by atoms with E-state index in [1.807, 2.05) is 18.2 Å². The predicted octanol–water partition coefficient (Wildman–Crippen LogP) is 2.24. The van der Waals surface area contributed by atoms with Crippen LogP contribution in [0.2, 0.25) is 0 Å². The molecule has 0 aromatic heterocycles. The van der Waals surface area contributed by atoms with Crippen LogP contribution in [0.3, 0.4) is 0 Å². The maximum Gasteiger partial charge on any atom is 0.191 e. The van der Waals surface area contributed by atoms with Gasteiger partial charge in [0.15, 0.2) is 5.96 Å². The lowest BCUT2D eigenvalue weighted by molar-refractivity contribution is 0.145. The van der Waals surface area contributed by atoms with Crippen molar-refractivity contribution in [2.45, 2.75) is 39.7 Å². The van der Waals surface area contributed by atoms with Crippen LogP contribution in [0.15, 0.2) is 29.3 Å². The number of aliphatic hydroxyl groups is 1. The largest absolute Gasteiger partial charge is 0.495 e. The number of aliphatic imine (C=N–C) groups is 1. The molecule has 26 heavy (non-hydrogen) atoms. The molecule has 2 unspecified atom stereocenters. The Morgan fingerprint density at radius 3 is 2.81 bits per heavy atom. The van der Waals surface area contributed by atoms with Gasteiger partial charge < -0.3 is 25.4 Å². The van der Waals surface area contributed by atoms with Gasteiger partial charge in [-0.25, -0.2) is 0 Å². The fourth-order valence-electron chi connectivity index (χ4n) is 3.04. The molecule has 1 heterocycles. The maximum absolute atomic E-state index is 9.59. The Bertz CT molecular complexity index is 587. The molecule has 6 nitrogen and oxygen atoms in total. The highest BCUT2D eigenvalue weighted by Crippen LogP contribution is 2.30. The molecule has 0 aliphatic carbocycles. The number of hydrogen-bond acceptors (Lipinski definition) is 4. The summed E-state index contributed by atoms with van der Waals surface area (Å²) in [7, 11) is 1.71. The van der Waals surface area contributed by atoms with Crippen LogP contribution in [0.1, 0.15) is 33.6 Å². The van der Waals surface area contributed by atoms with Crippen LogP contribution in [0.5, 0.6) is 5.75 Å². The lowest BCUT2D eigenvalue weighted by Gasteiger charge is -2.25. The van der Waals surface area contributed by atoms with Gasteiger partial charge in [-0.05, 0) is 31.9 Å². The number of hydrogen-bond donors (Lipinski definition) is 3. The molecule has 3 N–H and O–H groups in total. The van der Waals surface area contributed by atoms with Gasteiger partial charge in [0, 0.05) is 31.1 Å². The van der Waals surface area contributed by atoms with Gasteiger partial charge in [-0.2, -0.15) is 0 Å². The van der Waals surface area contributed by atoms with Gasteiger partial charge in [0.1, 0.15) is 5.75 Å². The minimum atomic E-state index is -0.165. The van der Waals surface area contributed by atoms with Gasteiger partial charge in [0.25, 0.3) is 0 Å². The van der Waals surface area contributed by atoms with Gasteiger partial charge in [-0.15, -0.1) is 0 Å². The van der Waals surface area contributed by atoms with Crippen LogP contribution in [0.25, 0.3) is 0 Å². The second kappa shape index (κ2) is 9.67. The van der Waals surface area contributed by atoms with E-state index in [9.17, 15) is 5.11 Å². The smallest absolute Gasteiger partial charge is 0.191 e. The molecule has 0 amide bonds. The Morgan fingerprint density at radius 1 is 1.38 bits per heavy atom. The number of aliphatic hydroxyl groups excluding tert-OH is 1. The van der Waals surface area contributed by atoms with Crippen molar-refractivity contribution in [3.05, 3.63) is 24.3 Å². The molecule has 2 atom stereocenters. The van der Waals surface area contributed by atoms with Crippen molar-refractivity contribution in [3.8, 4) is 5.75 Å². The summed E-state index contributed by atoms with van der Waals surface area (Å²) in [6, 6.07) is 8.48. The van der Waals surface area contributed by atoms with E-state index in [1.54, 1.807) is 7.11 Å². The first kappa shape index (κ1) is 20.4. The van der Waals surface area contributed by atoms with E-state index in [0.29, 0.717) is 12.6 Å². The zero-order valence-electron chi connectivity index (χ0n) is 16.6. The second-order valence-electron chi connectivity index (χ2n) is 7.27. The average Bonchev–Trinajstić information content (AvgIpc) is 3.14. The van der Waals surface area contributed by atoms with Gasteiger partial charge >= 0.3 is 0 Å². The second-order valence-corrected chi connectivity index (χ2v) is 7.27. The number of rotatable bonds is 8. The monoisotopic (exact) mass is 362 g/mol. The van der Waals surface area contributed by atoms with Gasteiger partial charge in [0.05, 0.1) is 25.9 Å². The summed E-state index contributed by atoms with van der Waals surface area (Å²) in [5.74, 6) is 1.74. The zero-order chi connectivity index (χ0) is 19.0. The van der Waals surface area contributed by atoms with Gasteiger partial charge in [-0.3, -0.25) is 4.99 Å². The molecule has 6 heteroatoms. The van der Waals surface area contributed by atoms with Crippen LogP contribution in [0, 0.1) is 5.41 Å². The number of nitrogens with zero attached hydrogens (tertiary/aromatic N) is 2. The van der Waals surface area contributed by atoms with Crippen LogP contribution in [0.4, 0.5) is 5.69 Å². The topological polar surface area (TPSA) is 69.1 Å². The van der Waals surface area contributed by atoms with Gasteiger partial charge in [-0.1, -0.05) is 26.0 Å². The number of benzene rings is 1. The van der Waals surface area contributed by atoms with E-state index < -0.39 is 0 Å². The Balaban J connectivity index is 2.00. The van der Waals surface area contributed by atoms with Crippen molar-refractivity contribution in [2.75, 3.05) is 44.8 Å². The first-order valence-electron chi connectivity index (χ1n) is 9.59. The molecule has 0 spiro atoms. The van der Waals surface area contributed by atoms with E-state index >= 15 is 0 Å². The molecule has 0 bridgehead atoms. The van der Waals surface area contributed by atoms with Crippen molar-refractivity contribution < 1.29 is 9.84 Å². The molecular formula is C20H34N4O2. The normalized spacial score (nSPS) is 20.0. The molecule has 1 aliphatic rings. The molecule has 1 saturated heterocycles. The Morgan fingerprint density at radius 2 is 2.15 bits per heavy atom. The molecule has 1 aromatic rings. The highest BCUT2D eigenvalue weighted by atomic mass is 16.5. The lowest BCUT2D eigenvalue weighted by atomic mass is 9.89. The van der Waals surface area contributed by atoms with E-state index in [4.69, 9.17) is 9.73 Å². The zero-order valence-corrected chi connectivity index (χ0v) is 16.6. The van der Waals surface area contributed by atoms with Crippen molar-refractivity contribution in [2.24, 2.45) is 10.4 Å². The number of para-hydroxylation sites is 2. The van der Waals surface area contributed by atoms with Crippen molar-refractivity contribution >= 4 is 11.6 Å². The molecular weight excluding hydrogens is 328 g/mol. The molecule has 2 rings (SSSR count). The molecule has 1 aliphatic heterocycles. The third-order valence-corrected chi connectivity index (χ3v) is 5.15. The maximum atomic E-state index is 9.59. The average molecular weight is 363 g/mol. The van der Waals surface area contributed by atoms with Crippen LogP contribution >= 0.6 is 0 Å². The van der Waals surface area contributed by atoms with Crippen molar-refractivity contribution in [1.29, 1.82) is 0 Å². The summed E-state index contributed by atoms with van der Waals surface area (Å²) < 4.78 is 5.49. The Labute approximate surface area is 157 Å². The summed E-state index contributed by atoms with van der Waals surface area (Å²) in [5.41, 5.74) is 0.974. The number of ether oxygens (including phenoxy) is 1. The fourth-order valence-corrected chi connectivity index (χ4v) is 3.04. The number of methoxy groups -OCH3 is 1. The van der Waals surface area contributed by atoms with E-state index in [1.165, 1.54) is 0 Å². The summed E-state index contributed by atoms with van der Waals surface area (Å²) >= 11 is 0. The number of nitrogens with one attached hydrogen (secondary N) is 2. The number of guanidine groups is 1. The summed E-state index contributed by atoms with van der Waals surface area (Å²) in [6.45, 7) is 9.70. The quantitative estimate of drug-likeness (QED) is 0.489. The summed E-state index contributed by atoms with van der Waals surface area (Å²) in [5, 5.41) is 16.5. The standard InChI is InChI=1S/C20H34N4O2/c1-5-20(3,15-25)14-22-19(21-6-2)23-16-11-12-24(13-16)17-9-7-8-10-18(17)26-4/h7-10,16,25H,5-6,11-15H2,1-4H3,(H2,21,22,23). The molecule has 1 fully saturated rings. The van der Waals surface area contributed by atoms with E-state index in [-0.39, 0.29) is 12.0 Å². The molecule has 0 radical (unpaired) electrons. The van der Waals surface area contributed by atoms with Crippen LogP contribution in [-0.4, -0.2) is 57.0 Å². The van der Waals surface area contributed by atoms with Crippen molar-refractivity contribution in [3.63, 3.8) is 0 Å².